The molecule has 0 bridgehead atoms. The largest absolute Gasteiger partial charge is 0.389 e. The van der Waals surface area contributed by atoms with E-state index in [1.165, 1.54) is 0 Å². The molecule has 3 N–H and O–H groups in total. The predicted octanol–water partition coefficient (Wildman–Crippen LogP) is 1.26. The third-order valence-corrected chi connectivity index (χ3v) is 6.94. The average Bonchev–Trinajstić information content (AvgIpc) is 2.79. The molecular weight excluding hydrogens is 310 g/mol. The van der Waals surface area contributed by atoms with Crippen molar-refractivity contribution >= 4 is 32.2 Å². The van der Waals surface area contributed by atoms with Crippen LogP contribution in [0.1, 0.15) is 32.1 Å². The fourth-order valence-electron chi connectivity index (χ4n) is 3.59. The van der Waals surface area contributed by atoms with Gasteiger partial charge < -0.3 is 15.7 Å². The molecule has 2 heterocycles. The highest BCUT2D eigenvalue weighted by atomic mass is 32.2. The molecule has 1 aromatic rings. The molecule has 6 nitrogen and oxygen atoms in total. The monoisotopic (exact) mass is 331 g/mol. The SMILES string of the molecule is CS(=O)(=O)c1c(N)nsc1N1CCC2(O)CCCCC2C1. The molecule has 0 amide bonds. The summed E-state index contributed by atoms with van der Waals surface area (Å²) < 4.78 is 27.9. The third kappa shape index (κ3) is 2.64. The normalized spacial score (nSPS) is 30.2. The van der Waals surface area contributed by atoms with Crippen LogP contribution in [0.25, 0.3) is 0 Å². The Kier molecular flexibility index (Phi) is 3.66. The lowest BCUT2D eigenvalue weighted by Crippen LogP contribution is -2.53. The number of anilines is 2. The zero-order valence-corrected chi connectivity index (χ0v) is 13.7. The Morgan fingerprint density at radius 1 is 1.43 bits per heavy atom. The minimum atomic E-state index is -3.40. The molecular formula is C13H21N3O3S2. The van der Waals surface area contributed by atoms with Crippen molar-refractivity contribution in [3.05, 3.63) is 0 Å². The van der Waals surface area contributed by atoms with E-state index in [0.717, 1.165) is 43.5 Å². The molecule has 2 fully saturated rings. The molecule has 2 atom stereocenters. The van der Waals surface area contributed by atoms with E-state index in [1.54, 1.807) is 0 Å². The number of hydrogen-bond donors (Lipinski definition) is 2. The second kappa shape index (κ2) is 5.10. The quantitative estimate of drug-likeness (QED) is 0.847. The van der Waals surface area contributed by atoms with Crippen LogP contribution in [0, 0.1) is 5.92 Å². The molecule has 8 heteroatoms. The van der Waals surface area contributed by atoms with Gasteiger partial charge in [-0.05, 0) is 30.8 Å². The van der Waals surface area contributed by atoms with Gasteiger partial charge in [-0.25, -0.2) is 8.42 Å². The maximum absolute atomic E-state index is 11.9. The van der Waals surface area contributed by atoms with Crippen LogP contribution < -0.4 is 10.6 Å². The van der Waals surface area contributed by atoms with Gasteiger partial charge in [0, 0.05) is 25.3 Å². The fourth-order valence-corrected chi connectivity index (χ4v) is 5.83. The standard InChI is InChI=1S/C13H21N3O3S2/c1-21(18,19)10-11(14)15-20-12(10)16-7-6-13(17)5-3-2-4-9(13)8-16/h9,17H,2-8H2,1H3,(H2,14,15). The Morgan fingerprint density at radius 3 is 2.90 bits per heavy atom. The van der Waals surface area contributed by atoms with Crippen molar-refractivity contribution in [3.8, 4) is 0 Å². The van der Waals surface area contributed by atoms with Gasteiger partial charge in [-0.2, -0.15) is 4.37 Å². The van der Waals surface area contributed by atoms with Crippen molar-refractivity contribution in [2.75, 3.05) is 30.0 Å². The smallest absolute Gasteiger partial charge is 0.182 e. The first-order chi connectivity index (χ1) is 9.81. The van der Waals surface area contributed by atoms with Gasteiger partial charge in [-0.15, -0.1) is 0 Å². The highest BCUT2D eigenvalue weighted by Gasteiger charge is 2.43. The van der Waals surface area contributed by atoms with Gasteiger partial charge in [0.25, 0.3) is 0 Å². The van der Waals surface area contributed by atoms with Gasteiger partial charge >= 0.3 is 0 Å². The number of rotatable bonds is 2. The number of fused-ring (bicyclic) bond motifs is 1. The second-order valence-electron chi connectivity index (χ2n) is 6.22. The first-order valence-corrected chi connectivity index (χ1v) is 9.90. The first-order valence-electron chi connectivity index (χ1n) is 7.24. The lowest BCUT2D eigenvalue weighted by molar-refractivity contribution is -0.0612. The van der Waals surface area contributed by atoms with Gasteiger partial charge in [0.1, 0.15) is 9.90 Å². The van der Waals surface area contributed by atoms with Crippen LogP contribution in [0.3, 0.4) is 0 Å². The molecule has 3 rings (SSSR count). The van der Waals surface area contributed by atoms with Crippen molar-refractivity contribution in [1.29, 1.82) is 0 Å². The zero-order chi connectivity index (χ0) is 15.3. The minimum absolute atomic E-state index is 0.0852. The predicted molar refractivity (Wildman–Crippen MR) is 83.4 cm³/mol. The average molecular weight is 331 g/mol. The molecule has 2 aliphatic rings. The Balaban J connectivity index is 1.90. The van der Waals surface area contributed by atoms with E-state index in [-0.39, 0.29) is 16.6 Å². The number of aromatic nitrogens is 1. The van der Waals surface area contributed by atoms with Crippen LogP contribution in [0.4, 0.5) is 10.8 Å². The van der Waals surface area contributed by atoms with Gasteiger partial charge in [-0.1, -0.05) is 12.8 Å². The van der Waals surface area contributed by atoms with Crippen LogP contribution >= 0.6 is 11.5 Å². The van der Waals surface area contributed by atoms with E-state index in [0.29, 0.717) is 24.5 Å². The van der Waals surface area contributed by atoms with Crippen molar-refractivity contribution in [1.82, 2.24) is 4.37 Å². The maximum Gasteiger partial charge on any atom is 0.182 e. The minimum Gasteiger partial charge on any atom is -0.389 e. The molecule has 2 unspecified atom stereocenters. The van der Waals surface area contributed by atoms with Crippen molar-refractivity contribution in [3.63, 3.8) is 0 Å². The summed E-state index contributed by atoms with van der Waals surface area (Å²) in [4.78, 5) is 2.18. The van der Waals surface area contributed by atoms with E-state index in [4.69, 9.17) is 5.73 Å². The number of hydrogen-bond acceptors (Lipinski definition) is 7. The van der Waals surface area contributed by atoms with Crippen LogP contribution in [0.15, 0.2) is 4.90 Å². The number of piperidine rings is 1. The summed E-state index contributed by atoms with van der Waals surface area (Å²) in [5.74, 6) is 0.290. The highest BCUT2D eigenvalue weighted by Crippen LogP contribution is 2.43. The van der Waals surface area contributed by atoms with Crippen LogP contribution in [0.2, 0.25) is 0 Å². The molecule has 1 aliphatic carbocycles. The summed E-state index contributed by atoms with van der Waals surface area (Å²) in [7, 11) is -3.40. The van der Waals surface area contributed by atoms with Gasteiger partial charge in [0.05, 0.1) is 5.60 Å². The molecule has 0 radical (unpaired) electrons. The topological polar surface area (TPSA) is 96.5 Å². The van der Waals surface area contributed by atoms with Crippen LogP contribution in [-0.4, -0.2) is 42.8 Å². The Morgan fingerprint density at radius 2 is 2.19 bits per heavy atom. The molecule has 118 valence electrons. The molecule has 1 aliphatic heterocycles. The molecule has 21 heavy (non-hydrogen) atoms. The fraction of sp³-hybridized carbons (Fsp3) is 0.769. The lowest BCUT2D eigenvalue weighted by atomic mass is 9.71. The summed E-state index contributed by atoms with van der Waals surface area (Å²) in [5, 5.41) is 11.3. The molecule has 1 saturated heterocycles. The maximum atomic E-state index is 11.9. The molecule has 1 aromatic heterocycles. The van der Waals surface area contributed by atoms with Gasteiger partial charge in [0.2, 0.25) is 0 Å². The first kappa shape index (κ1) is 15.1. The number of nitrogen functional groups attached to an aromatic ring is 1. The summed E-state index contributed by atoms with van der Waals surface area (Å²) in [6.45, 7) is 1.33. The Labute approximate surface area is 129 Å². The van der Waals surface area contributed by atoms with E-state index >= 15 is 0 Å². The molecule has 0 aromatic carbocycles. The van der Waals surface area contributed by atoms with Crippen LogP contribution in [0.5, 0.6) is 0 Å². The van der Waals surface area contributed by atoms with Crippen molar-refractivity contribution < 1.29 is 13.5 Å². The lowest BCUT2D eigenvalue weighted by Gasteiger charge is -2.47. The number of nitrogens with two attached hydrogens (primary N) is 1. The number of nitrogens with zero attached hydrogens (tertiary/aromatic N) is 2. The summed E-state index contributed by atoms with van der Waals surface area (Å²) >= 11 is 1.14. The highest BCUT2D eigenvalue weighted by molar-refractivity contribution is 7.91. The van der Waals surface area contributed by atoms with Crippen molar-refractivity contribution in [2.45, 2.75) is 42.6 Å². The molecule has 1 saturated carbocycles. The van der Waals surface area contributed by atoms with E-state index < -0.39 is 15.4 Å². The van der Waals surface area contributed by atoms with Crippen molar-refractivity contribution in [2.24, 2.45) is 5.92 Å². The van der Waals surface area contributed by atoms with E-state index in [2.05, 4.69) is 4.37 Å². The summed E-state index contributed by atoms with van der Waals surface area (Å²) in [6.07, 6.45) is 5.90. The van der Waals surface area contributed by atoms with Gasteiger partial charge in [-0.3, -0.25) is 0 Å². The Hall–Kier alpha value is -0.860. The summed E-state index contributed by atoms with van der Waals surface area (Å²) in [6, 6.07) is 0. The third-order valence-electron chi connectivity index (χ3n) is 4.74. The second-order valence-corrected chi connectivity index (χ2v) is 8.92. The summed E-state index contributed by atoms with van der Waals surface area (Å²) in [5.41, 5.74) is 5.16. The van der Waals surface area contributed by atoms with E-state index in [9.17, 15) is 13.5 Å². The molecule has 0 spiro atoms. The zero-order valence-electron chi connectivity index (χ0n) is 12.1. The van der Waals surface area contributed by atoms with Gasteiger partial charge in [0.15, 0.2) is 15.7 Å². The number of aliphatic hydroxyl groups is 1. The number of sulfone groups is 1. The Bertz CT molecular complexity index is 643. The van der Waals surface area contributed by atoms with Crippen LogP contribution in [-0.2, 0) is 9.84 Å². The van der Waals surface area contributed by atoms with E-state index in [1.807, 2.05) is 4.90 Å².